The van der Waals surface area contributed by atoms with Crippen LogP contribution in [0.15, 0.2) is 71.6 Å². The number of amides is 1. The second-order valence-electron chi connectivity index (χ2n) is 11.5. The summed E-state index contributed by atoms with van der Waals surface area (Å²) >= 11 is 0. The van der Waals surface area contributed by atoms with E-state index in [4.69, 9.17) is 10.5 Å². The molecule has 8 nitrogen and oxygen atoms in total. The zero-order chi connectivity index (χ0) is 28.6. The molecule has 2 aliphatic heterocycles. The van der Waals surface area contributed by atoms with Gasteiger partial charge < -0.3 is 15.8 Å². The third-order valence-corrected chi connectivity index (χ3v) is 10.5. The maximum atomic E-state index is 13.1. The van der Waals surface area contributed by atoms with Gasteiger partial charge in [0.05, 0.1) is 22.6 Å². The molecule has 2 atom stereocenters. The number of nitrogens with one attached hydrogen (secondary N) is 1. The highest BCUT2D eigenvalue weighted by molar-refractivity contribution is 7.92. The Morgan fingerprint density at radius 1 is 1.07 bits per heavy atom. The van der Waals surface area contributed by atoms with Crippen molar-refractivity contribution in [3.63, 3.8) is 0 Å². The fraction of sp³-hybridized carbons (Fsp3) is 0.375. The topological polar surface area (TPSA) is 126 Å². The van der Waals surface area contributed by atoms with Crippen molar-refractivity contribution in [2.75, 3.05) is 24.6 Å². The maximum Gasteiger partial charge on any atom is 0.236 e. The smallest absolute Gasteiger partial charge is 0.236 e. The number of benzene rings is 3. The van der Waals surface area contributed by atoms with E-state index in [2.05, 4.69) is 22.4 Å². The summed E-state index contributed by atoms with van der Waals surface area (Å²) in [4.78, 5) is 15.8. The van der Waals surface area contributed by atoms with Crippen molar-refractivity contribution in [1.29, 1.82) is 5.26 Å². The van der Waals surface area contributed by atoms with Crippen LogP contribution in [0.4, 0.5) is 5.69 Å². The second kappa shape index (κ2) is 10.8. The number of hydrogen-bond acceptors (Lipinski definition) is 7. The number of likely N-dealkylation sites (tertiary alicyclic amines) is 1. The number of piperidine rings is 1. The number of ether oxygens (including phenoxy) is 1. The van der Waals surface area contributed by atoms with Crippen LogP contribution in [0.2, 0.25) is 0 Å². The number of anilines is 1. The molecule has 0 aromatic heterocycles. The molecule has 0 bridgehead atoms. The largest absolute Gasteiger partial charge is 0.487 e. The van der Waals surface area contributed by atoms with Gasteiger partial charge in [-0.2, -0.15) is 5.26 Å². The molecular formula is C32H34N4O4S. The Bertz CT molecular complexity index is 1610. The van der Waals surface area contributed by atoms with Gasteiger partial charge in [-0.25, -0.2) is 8.42 Å². The molecule has 2 unspecified atom stereocenters. The third-order valence-electron chi connectivity index (χ3n) is 8.83. The standard InChI is InChI=1S/C32H34N4O4S/c33-20-22-6-7-24-17-26(10-8-23(24)16-22)36-14-12-32(13-15-36)19-29(28-18-25(34)9-11-30(28)40-32)35-31(37)21-41(38,39)27-4-2-1-3-5-27/h1-7,9,11,16,18,26,29H,8,10,12-15,17,19,21,34H2,(H,35,37). The van der Waals surface area contributed by atoms with Crippen LogP contribution in [-0.4, -0.2) is 49.7 Å². The fourth-order valence-electron chi connectivity index (χ4n) is 6.66. The Hall–Kier alpha value is -3.87. The quantitative estimate of drug-likeness (QED) is 0.445. The Morgan fingerprint density at radius 3 is 2.61 bits per heavy atom. The van der Waals surface area contributed by atoms with Gasteiger partial charge in [0.15, 0.2) is 9.84 Å². The molecule has 1 fully saturated rings. The predicted octanol–water partition coefficient (Wildman–Crippen LogP) is 3.95. The van der Waals surface area contributed by atoms with E-state index in [1.165, 1.54) is 23.3 Å². The summed E-state index contributed by atoms with van der Waals surface area (Å²) in [6.45, 7) is 1.76. The molecule has 3 N–H and O–H groups in total. The predicted molar refractivity (Wildman–Crippen MR) is 156 cm³/mol. The molecule has 1 spiro atoms. The van der Waals surface area contributed by atoms with E-state index in [0.29, 0.717) is 23.9 Å². The first kappa shape index (κ1) is 27.3. The highest BCUT2D eigenvalue weighted by atomic mass is 32.2. The van der Waals surface area contributed by atoms with Crippen LogP contribution in [0.5, 0.6) is 5.75 Å². The SMILES string of the molecule is N#Cc1ccc2c(c1)CCC(N1CCC3(CC1)CC(NC(=O)CS(=O)(=O)c1ccccc1)c1cc(N)ccc1O3)C2. The Kier molecular flexibility index (Phi) is 7.22. The first-order valence-corrected chi connectivity index (χ1v) is 15.8. The van der Waals surface area contributed by atoms with Gasteiger partial charge in [-0.3, -0.25) is 9.69 Å². The van der Waals surface area contributed by atoms with E-state index < -0.39 is 33.1 Å². The minimum Gasteiger partial charge on any atom is -0.487 e. The van der Waals surface area contributed by atoms with E-state index >= 15 is 0 Å². The molecule has 1 amide bonds. The third kappa shape index (κ3) is 5.67. The molecule has 1 saturated heterocycles. The number of rotatable bonds is 5. The van der Waals surface area contributed by atoms with Crippen molar-refractivity contribution in [3.8, 4) is 11.8 Å². The Morgan fingerprint density at radius 2 is 1.85 bits per heavy atom. The first-order chi connectivity index (χ1) is 19.7. The molecule has 0 radical (unpaired) electrons. The van der Waals surface area contributed by atoms with E-state index in [9.17, 15) is 18.5 Å². The van der Waals surface area contributed by atoms with Crippen LogP contribution in [0, 0.1) is 11.3 Å². The summed E-state index contributed by atoms with van der Waals surface area (Å²) in [5, 5.41) is 12.2. The zero-order valence-electron chi connectivity index (χ0n) is 22.9. The van der Waals surface area contributed by atoms with Crippen LogP contribution in [-0.2, 0) is 27.5 Å². The van der Waals surface area contributed by atoms with Crippen molar-refractivity contribution in [1.82, 2.24) is 10.2 Å². The maximum absolute atomic E-state index is 13.1. The number of nitriles is 1. The number of nitrogens with zero attached hydrogens (tertiary/aromatic N) is 2. The van der Waals surface area contributed by atoms with Crippen LogP contribution in [0.1, 0.15) is 54.0 Å². The summed E-state index contributed by atoms with van der Waals surface area (Å²) in [6.07, 6.45) is 5.18. The number of fused-ring (bicyclic) bond motifs is 2. The molecule has 3 aliphatic rings. The summed E-state index contributed by atoms with van der Waals surface area (Å²) in [5.74, 6) is -0.469. The second-order valence-corrected chi connectivity index (χ2v) is 13.5. The molecule has 3 aromatic carbocycles. The average molecular weight is 571 g/mol. The Balaban J connectivity index is 1.15. The molecule has 3 aromatic rings. The number of sulfone groups is 1. The minimum absolute atomic E-state index is 0.131. The lowest BCUT2D eigenvalue weighted by Gasteiger charge is -2.49. The van der Waals surface area contributed by atoms with Gasteiger partial charge in [-0.05, 0) is 85.7 Å². The van der Waals surface area contributed by atoms with E-state index in [0.717, 1.165) is 56.3 Å². The number of carbonyl (C=O) groups is 1. The van der Waals surface area contributed by atoms with Crippen molar-refractivity contribution in [2.45, 2.75) is 61.1 Å². The van der Waals surface area contributed by atoms with Gasteiger partial charge in [0.1, 0.15) is 17.1 Å². The number of aryl methyl sites for hydroxylation is 1. The van der Waals surface area contributed by atoms with Crippen molar-refractivity contribution in [3.05, 3.63) is 89.0 Å². The first-order valence-electron chi connectivity index (χ1n) is 14.2. The average Bonchev–Trinajstić information content (AvgIpc) is 2.97. The lowest BCUT2D eigenvalue weighted by Crippen LogP contribution is -2.55. The zero-order valence-corrected chi connectivity index (χ0v) is 23.7. The molecule has 0 saturated carbocycles. The van der Waals surface area contributed by atoms with Crippen molar-refractivity contribution in [2.24, 2.45) is 0 Å². The van der Waals surface area contributed by atoms with E-state index in [1.54, 1.807) is 24.3 Å². The molecule has 2 heterocycles. The van der Waals surface area contributed by atoms with Gasteiger partial charge in [-0.1, -0.05) is 24.3 Å². The van der Waals surface area contributed by atoms with Crippen molar-refractivity contribution < 1.29 is 17.9 Å². The fourth-order valence-corrected chi connectivity index (χ4v) is 7.82. The molecule has 1 aliphatic carbocycles. The van der Waals surface area contributed by atoms with Crippen LogP contribution in [0.3, 0.4) is 0 Å². The van der Waals surface area contributed by atoms with Gasteiger partial charge in [0.2, 0.25) is 5.91 Å². The highest BCUT2D eigenvalue weighted by Crippen LogP contribution is 2.45. The number of hydrogen-bond donors (Lipinski definition) is 2. The molecular weight excluding hydrogens is 536 g/mol. The molecule has 9 heteroatoms. The molecule has 6 rings (SSSR count). The van der Waals surface area contributed by atoms with E-state index in [-0.39, 0.29) is 4.90 Å². The number of nitrogens with two attached hydrogens (primary N) is 1. The van der Waals surface area contributed by atoms with Gasteiger partial charge in [-0.15, -0.1) is 0 Å². The Labute approximate surface area is 241 Å². The van der Waals surface area contributed by atoms with Crippen LogP contribution in [0.25, 0.3) is 0 Å². The van der Waals surface area contributed by atoms with Crippen LogP contribution >= 0.6 is 0 Å². The molecule has 41 heavy (non-hydrogen) atoms. The summed E-state index contributed by atoms with van der Waals surface area (Å²) < 4.78 is 32.3. The lowest BCUT2D eigenvalue weighted by atomic mass is 9.79. The number of carbonyl (C=O) groups excluding carboxylic acids is 1. The lowest BCUT2D eigenvalue weighted by molar-refractivity contribution is -0.120. The van der Waals surface area contributed by atoms with E-state index in [1.807, 2.05) is 24.3 Å². The summed E-state index contributed by atoms with van der Waals surface area (Å²) in [7, 11) is -3.76. The summed E-state index contributed by atoms with van der Waals surface area (Å²) in [5.41, 5.74) is 10.3. The minimum atomic E-state index is -3.76. The monoisotopic (exact) mass is 570 g/mol. The number of nitrogen functional groups attached to an aromatic ring is 1. The molecule has 212 valence electrons. The van der Waals surface area contributed by atoms with Gasteiger partial charge >= 0.3 is 0 Å². The van der Waals surface area contributed by atoms with Crippen LogP contribution < -0.4 is 15.8 Å². The van der Waals surface area contributed by atoms with Crippen molar-refractivity contribution >= 4 is 21.4 Å². The summed E-state index contributed by atoms with van der Waals surface area (Å²) in [6, 6.07) is 21.8. The van der Waals surface area contributed by atoms with Gasteiger partial charge in [0, 0.05) is 36.8 Å². The highest BCUT2D eigenvalue weighted by Gasteiger charge is 2.45. The normalized spacial score (nSPS) is 21.6. The van der Waals surface area contributed by atoms with Gasteiger partial charge in [0.25, 0.3) is 0 Å².